The molecule has 6 aromatic rings. The van der Waals surface area contributed by atoms with Gasteiger partial charge in [0.25, 0.3) is 0 Å². The van der Waals surface area contributed by atoms with E-state index in [1.54, 1.807) is 0 Å². The van der Waals surface area contributed by atoms with E-state index in [-0.39, 0.29) is 14.5 Å². The molecule has 0 atom stereocenters. The molecule has 0 radical (unpaired) electrons. The quantitative estimate of drug-likeness (QED) is 0.196. The normalized spacial score (nSPS) is 11.4. The summed E-state index contributed by atoms with van der Waals surface area (Å²) in [7, 11) is 0. The van der Waals surface area contributed by atoms with Crippen LogP contribution in [0.1, 0.15) is 0 Å². The summed E-state index contributed by atoms with van der Waals surface area (Å²) in [5, 5.41) is 8.30. The van der Waals surface area contributed by atoms with Gasteiger partial charge in [-0.25, -0.2) is 0 Å². The third kappa shape index (κ3) is 2.59. The minimum absolute atomic E-state index is 0.248. The Morgan fingerprint density at radius 1 is 0.345 bits per heavy atom. The number of rotatable bonds is 2. The predicted molar refractivity (Wildman–Crippen MR) is 127 cm³/mol. The molecular formula is C28H18Se. The molecule has 0 unspecified atom stereocenters. The zero-order valence-corrected chi connectivity index (χ0v) is 17.5. The molecule has 0 amide bonds. The number of fused-ring (bicyclic) bond motifs is 6. The summed E-state index contributed by atoms with van der Waals surface area (Å²) in [6.07, 6.45) is 0. The summed E-state index contributed by atoms with van der Waals surface area (Å²) >= 11 is 0.248. The molecule has 29 heavy (non-hydrogen) atoms. The zero-order valence-electron chi connectivity index (χ0n) is 15.8. The van der Waals surface area contributed by atoms with Crippen molar-refractivity contribution in [1.82, 2.24) is 0 Å². The second-order valence-corrected chi connectivity index (χ2v) is 9.47. The van der Waals surface area contributed by atoms with Gasteiger partial charge < -0.3 is 0 Å². The van der Waals surface area contributed by atoms with Crippen molar-refractivity contribution in [3.05, 3.63) is 109 Å². The summed E-state index contributed by atoms with van der Waals surface area (Å²) < 4.78 is 2.99. The van der Waals surface area contributed by atoms with Crippen molar-refractivity contribution in [2.24, 2.45) is 0 Å². The van der Waals surface area contributed by atoms with Crippen LogP contribution in [0.5, 0.6) is 0 Å². The van der Waals surface area contributed by atoms with Crippen LogP contribution in [0, 0.1) is 0 Å². The first-order chi connectivity index (χ1) is 14.4. The molecule has 0 saturated heterocycles. The average molecular weight is 433 g/mol. The van der Waals surface area contributed by atoms with E-state index in [1.807, 2.05) is 0 Å². The van der Waals surface area contributed by atoms with Gasteiger partial charge in [0.2, 0.25) is 0 Å². The number of hydrogen-bond donors (Lipinski definition) is 0. The van der Waals surface area contributed by atoms with Gasteiger partial charge in [-0.2, -0.15) is 0 Å². The molecule has 5 aromatic carbocycles. The third-order valence-electron chi connectivity index (χ3n) is 5.66. The number of hydrogen-bond acceptors (Lipinski definition) is 0. The van der Waals surface area contributed by atoms with Crippen molar-refractivity contribution in [1.29, 1.82) is 0 Å². The van der Waals surface area contributed by atoms with Crippen molar-refractivity contribution in [3.63, 3.8) is 0 Å². The molecule has 0 N–H and O–H groups in total. The van der Waals surface area contributed by atoms with Crippen molar-refractivity contribution >= 4 is 46.8 Å². The summed E-state index contributed by atoms with van der Waals surface area (Å²) in [5.41, 5.74) is 2.69. The SMILES string of the molecule is c1ccc(-c2[se]c(-c3ccccc3)c3c4ccccc4c4ccccc4c23)cc1. The van der Waals surface area contributed by atoms with Gasteiger partial charge >= 0.3 is 176 Å². The molecule has 1 heteroatoms. The van der Waals surface area contributed by atoms with E-state index < -0.39 is 0 Å². The van der Waals surface area contributed by atoms with E-state index in [4.69, 9.17) is 0 Å². The first-order valence-corrected chi connectivity index (χ1v) is 11.6. The van der Waals surface area contributed by atoms with Gasteiger partial charge in [0.05, 0.1) is 0 Å². The molecule has 1 heterocycles. The molecule has 0 saturated carbocycles. The molecule has 0 spiro atoms. The molecule has 0 aliphatic carbocycles. The Morgan fingerprint density at radius 3 is 1.10 bits per heavy atom. The maximum atomic E-state index is 2.30. The van der Waals surface area contributed by atoms with Crippen LogP contribution in [-0.2, 0) is 0 Å². The Hall–Kier alpha value is -3.12. The first kappa shape index (κ1) is 16.8. The van der Waals surface area contributed by atoms with Crippen LogP contribution in [0.4, 0.5) is 0 Å². The Labute approximate surface area is 175 Å². The molecule has 1 aromatic heterocycles. The van der Waals surface area contributed by atoms with Crippen molar-refractivity contribution < 1.29 is 0 Å². The number of benzene rings is 5. The van der Waals surface area contributed by atoms with Crippen LogP contribution in [-0.4, -0.2) is 14.5 Å². The second-order valence-electron chi connectivity index (χ2n) is 7.33. The molecule has 0 aliphatic rings. The standard InChI is InChI=1S/C28H18Se/c1-3-11-19(12-4-1)27-25-23-17-9-7-15-21(23)22-16-8-10-18-24(22)26(25)28(29-27)20-13-5-2-6-14-20/h1-18H. The van der Waals surface area contributed by atoms with E-state index >= 15 is 0 Å². The molecule has 0 nitrogen and oxygen atoms in total. The minimum atomic E-state index is 0.248. The van der Waals surface area contributed by atoms with Gasteiger partial charge in [-0.05, 0) is 0 Å². The summed E-state index contributed by atoms with van der Waals surface area (Å²) in [5.74, 6) is 0. The fraction of sp³-hybridized carbons (Fsp3) is 0. The zero-order chi connectivity index (χ0) is 19.2. The van der Waals surface area contributed by atoms with Gasteiger partial charge in [0.15, 0.2) is 0 Å². The fourth-order valence-corrected chi connectivity index (χ4v) is 7.21. The Kier molecular flexibility index (Phi) is 3.90. The molecule has 0 bridgehead atoms. The molecule has 0 fully saturated rings. The van der Waals surface area contributed by atoms with Crippen molar-refractivity contribution in [2.45, 2.75) is 0 Å². The molecule has 0 aliphatic heterocycles. The van der Waals surface area contributed by atoms with Crippen LogP contribution in [0.25, 0.3) is 52.3 Å². The van der Waals surface area contributed by atoms with Crippen LogP contribution >= 0.6 is 0 Å². The van der Waals surface area contributed by atoms with Gasteiger partial charge in [-0.1, -0.05) is 0 Å². The van der Waals surface area contributed by atoms with E-state index in [9.17, 15) is 0 Å². The van der Waals surface area contributed by atoms with E-state index in [2.05, 4.69) is 109 Å². The van der Waals surface area contributed by atoms with E-state index in [0.29, 0.717) is 0 Å². The van der Waals surface area contributed by atoms with Gasteiger partial charge in [0.1, 0.15) is 0 Å². The summed E-state index contributed by atoms with van der Waals surface area (Å²) in [6, 6.07) is 39.7. The van der Waals surface area contributed by atoms with E-state index in [0.717, 1.165) is 0 Å². The molecular weight excluding hydrogens is 415 g/mol. The fourth-order valence-electron chi connectivity index (χ4n) is 4.40. The van der Waals surface area contributed by atoms with Crippen LogP contribution in [0.3, 0.4) is 0 Å². The molecule has 6 rings (SSSR count). The second kappa shape index (κ2) is 6.74. The van der Waals surface area contributed by atoms with Crippen LogP contribution in [0.2, 0.25) is 0 Å². The monoisotopic (exact) mass is 434 g/mol. The topological polar surface area (TPSA) is 0 Å². The third-order valence-corrected chi connectivity index (χ3v) is 8.37. The van der Waals surface area contributed by atoms with Crippen molar-refractivity contribution in [3.8, 4) is 20.0 Å². The summed E-state index contributed by atoms with van der Waals surface area (Å²) in [4.78, 5) is 0. The van der Waals surface area contributed by atoms with Gasteiger partial charge in [-0.15, -0.1) is 0 Å². The van der Waals surface area contributed by atoms with E-state index in [1.165, 1.54) is 52.3 Å². The van der Waals surface area contributed by atoms with Crippen LogP contribution in [0.15, 0.2) is 109 Å². The van der Waals surface area contributed by atoms with Crippen LogP contribution < -0.4 is 0 Å². The Morgan fingerprint density at radius 2 is 0.690 bits per heavy atom. The Bertz CT molecular complexity index is 1360. The Balaban J connectivity index is 1.90. The first-order valence-electron chi connectivity index (χ1n) is 9.88. The van der Waals surface area contributed by atoms with Gasteiger partial charge in [0, 0.05) is 0 Å². The molecule has 136 valence electrons. The summed E-state index contributed by atoms with van der Waals surface area (Å²) in [6.45, 7) is 0. The predicted octanol–water partition coefficient (Wildman–Crippen LogP) is 7.54. The van der Waals surface area contributed by atoms with Gasteiger partial charge in [-0.3, -0.25) is 0 Å². The average Bonchev–Trinajstić information content (AvgIpc) is 3.22. The maximum absolute atomic E-state index is 2.30. The van der Waals surface area contributed by atoms with Crippen molar-refractivity contribution in [2.75, 3.05) is 0 Å².